The molecule has 0 amide bonds. The Balaban J connectivity index is 2.88. The third-order valence-corrected chi connectivity index (χ3v) is 2.95. The number of rotatable bonds is 2. The number of hydrogen-bond acceptors (Lipinski definition) is 2. The van der Waals surface area contributed by atoms with Gasteiger partial charge in [0.15, 0.2) is 0 Å². The van der Waals surface area contributed by atoms with Crippen LogP contribution < -0.4 is 0 Å². The molecule has 0 aliphatic heterocycles. The Bertz CT molecular complexity index is 312. The molecule has 70 valence electrons. The van der Waals surface area contributed by atoms with Crippen molar-refractivity contribution in [1.82, 2.24) is 0 Å². The second-order valence-corrected chi connectivity index (χ2v) is 4.27. The van der Waals surface area contributed by atoms with Gasteiger partial charge in [-0.15, -0.1) is 0 Å². The van der Waals surface area contributed by atoms with Gasteiger partial charge in [0.2, 0.25) is 0 Å². The Morgan fingerprint density at radius 2 is 2.23 bits per heavy atom. The van der Waals surface area contributed by atoms with E-state index >= 15 is 0 Å². The zero-order chi connectivity index (χ0) is 9.84. The highest BCUT2D eigenvalue weighted by Gasteiger charge is 2.17. The zero-order valence-electron chi connectivity index (χ0n) is 6.96. The molecule has 1 aromatic rings. The lowest BCUT2D eigenvalue weighted by molar-refractivity contribution is -0.139. The van der Waals surface area contributed by atoms with Crippen molar-refractivity contribution in [2.75, 3.05) is 7.11 Å². The predicted molar refractivity (Wildman–Crippen MR) is 57.8 cm³/mol. The first-order valence-electron chi connectivity index (χ1n) is 3.62. The fraction of sp³-hybridized carbons (Fsp3) is 0.222. The summed E-state index contributed by atoms with van der Waals surface area (Å²) in [4.78, 5) is 10.7. The van der Waals surface area contributed by atoms with Gasteiger partial charge in [-0.05, 0) is 17.7 Å². The van der Waals surface area contributed by atoms with Crippen molar-refractivity contribution < 1.29 is 9.53 Å². The van der Waals surface area contributed by atoms with Gasteiger partial charge in [-0.1, -0.05) is 44.0 Å². The molecule has 4 heteroatoms. The Hall–Kier alpha value is -0.350. The summed E-state index contributed by atoms with van der Waals surface area (Å²) in [6, 6.07) is 7.51. The van der Waals surface area contributed by atoms with E-state index in [4.69, 9.17) is 0 Å². The van der Waals surface area contributed by atoms with Gasteiger partial charge in [0.1, 0.15) is 4.83 Å². The van der Waals surface area contributed by atoms with Crippen molar-refractivity contribution >= 4 is 37.8 Å². The van der Waals surface area contributed by atoms with Gasteiger partial charge < -0.3 is 4.74 Å². The average molecular weight is 308 g/mol. The maximum atomic E-state index is 11.1. The van der Waals surface area contributed by atoms with E-state index in [-0.39, 0.29) is 5.97 Å². The SMILES string of the molecule is COC(=O)C(Br)c1cccc(Br)c1. The number of carbonyl (C=O) groups excluding carboxylic acids is 1. The summed E-state index contributed by atoms with van der Waals surface area (Å²) in [6.07, 6.45) is 0. The number of halogens is 2. The summed E-state index contributed by atoms with van der Waals surface area (Å²) < 4.78 is 5.55. The molecule has 0 aliphatic rings. The van der Waals surface area contributed by atoms with Gasteiger partial charge in [-0.3, -0.25) is 4.79 Å². The van der Waals surface area contributed by atoms with Crippen molar-refractivity contribution in [3.63, 3.8) is 0 Å². The maximum Gasteiger partial charge on any atom is 0.323 e. The molecule has 2 nitrogen and oxygen atoms in total. The molecule has 0 aliphatic carbocycles. The van der Waals surface area contributed by atoms with E-state index in [0.29, 0.717) is 0 Å². The lowest BCUT2D eigenvalue weighted by Gasteiger charge is -2.07. The fourth-order valence-electron chi connectivity index (χ4n) is 0.904. The van der Waals surface area contributed by atoms with Gasteiger partial charge in [-0.25, -0.2) is 0 Å². The lowest BCUT2D eigenvalue weighted by atomic mass is 10.1. The Morgan fingerprint density at radius 1 is 1.54 bits per heavy atom. The van der Waals surface area contributed by atoms with E-state index < -0.39 is 4.83 Å². The van der Waals surface area contributed by atoms with Crippen LogP contribution in [0.15, 0.2) is 28.7 Å². The number of esters is 1. The minimum Gasteiger partial charge on any atom is -0.468 e. The molecule has 0 saturated carbocycles. The van der Waals surface area contributed by atoms with Crippen molar-refractivity contribution in [3.8, 4) is 0 Å². The maximum absolute atomic E-state index is 11.1. The molecule has 1 atom stereocenters. The third kappa shape index (κ3) is 2.81. The highest BCUT2D eigenvalue weighted by Crippen LogP contribution is 2.26. The molecular formula is C9H8Br2O2. The number of benzene rings is 1. The molecule has 0 spiro atoms. The smallest absolute Gasteiger partial charge is 0.323 e. The Morgan fingerprint density at radius 3 is 2.77 bits per heavy atom. The van der Waals surface area contributed by atoms with E-state index in [0.717, 1.165) is 10.0 Å². The van der Waals surface area contributed by atoms with Crippen LogP contribution in [0.4, 0.5) is 0 Å². The monoisotopic (exact) mass is 306 g/mol. The van der Waals surface area contributed by atoms with Crippen molar-refractivity contribution in [1.29, 1.82) is 0 Å². The summed E-state index contributed by atoms with van der Waals surface area (Å²) in [7, 11) is 1.37. The molecule has 0 fully saturated rings. The summed E-state index contributed by atoms with van der Waals surface area (Å²) in [5.74, 6) is -0.293. The summed E-state index contributed by atoms with van der Waals surface area (Å²) >= 11 is 6.58. The van der Waals surface area contributed by atoms with E-state index in [1.807, 2.05) is 24.3 Å². The molecule has 0 heterocycles. The highest BCUT2D eigenvalue weighted by atomic mass is 79.9. The molecule has 1 rings (SSSR count). The van der Waals surface area contributed by atoms with Crippen LogP contribution in [-0.4, -0.2) is 13.1 Å². The van der Waals surface area contributed by atoms with E-state index in [1.165, 1.54) is 7.11 Å². The Labute approximate surface area is 93.5 Å². The summed E-state index contributed by atoms with van der Waals surface area (Å²) in [6.45, 7) is 0. The first-order valence-corrected chi connectivity index (χ1v) is 5.33. The Kier molecular flexibility index (Phi) is 3.93. The molecular weight excluding hydrogens is 300 g/mol. The normalized spacial score (nSPS) is 12.2. The number of methoxy groups -OCH3 is 1. The van der Waals surface area contributed by atoms with Crippen LogP contribution in [0.5, 0.6) is 0 Å². The molecule has 0 bridgehead atoms. The van der Waals surface area contributed by atoms with Crippen molar-refractivity contribution in [2.24, 2.45) is 0 Å². The topological polar surface area (TPSA) is 26.3 Å². The highest BCUT2D eigenvalue weighted by molar-refractivity contribution is 9.10. The molecule has 13 heavy (non-hydrogen) atoms. The third-order valence-electron chi connectivity index (χ3n) is 1.55. The van der Waals surface area contributed by atoms with Gasteiger partial charge in [-0.2, -0.15) is 0 Å². The fourth-order valence-corrected chi connectivity index (χ4v) is 1.79. The van der Waals surface area contributed by atoms with Crippen LogP contribution in [0.2, 0.25) is 0 Å². The van der Waals surface area contributed by atoms with Crippen LogP contribution in [0.1, 0.15) is 10.4 Å². The zero-order valence-corrected chi connectivity index (χ0v) is 10.1. The molecule has 0 saturated heterocycles. The van der Waals surface area contributed by atoms with Crippen LogP contribution >= 0.6 is 31.9 Å². The minimum absolute atomic E-state index is 0.293. The predicted octanol–water partition coefficient (Wildman–Crippen LogP) is 3.06. The number of ether oxygens (including phenoxy) is 1. The number of alkyl halides is 1. The van der Waals surface area contributed by atoms with Crippen LogP contribution in [-0.2, 0) is 9.53 Å². The molecule has 0 N–H and O–H groups in total. The van der Waals surface area contributed by atoms with Crippen LogP contribution in [0, 0.1) is 0 Å². The number of hydrogen-bond donors (Lipinski definition) is 0. The minimum atomic E-state index is -0.394. The van der Waals surface area contributed by atoms with Crippen LogP contribution in [0.3, 0.4) is 0 Å². The van der Waals surface area contributed by atoms with E-state index in [9.17, 15) is 4.79 Å². The average Bonchev–Trinajstić information content (AvgIpc) is 2.15. The first-order chi connectivity index (χ1) is 6.15. The van der Waals surface area contributed by atoms with Gasteiger partial charge in [0.05, 0.1) is 7.11 Å². The molecule has 1 aromatic carbocycles. The van der Waals surface area contributed by atoms with Gasteiger partial charge >= 0.3 is 5.97 Å². The molecule has 0 radical (unpaired) electrons. The quantitative estimate of drug-likeness (QED) is 0.620. The first kappa shape index (κ1) is 10.7. The summed E-state index contributed by atoms with van der Waals surface area (Å²) in [5, 5.41) is 0. The number of carbonyl (C=O) groups is 1. The van der Waals surface area contributed by atoms with E-state index in [1.54, 1.807) is 0 Å². The van der Waals surface area contributed by atoms with Crippen molar-refractivity contribution in [2.45, 2.75) is 4.83 Å². The summed E-state index contributed by atoms with van der Waals surface area (Å²) in [5.41, 5.74) is 0.876. The standard InChI is InChI=1S/C9H8Br2O2/c1-13-9(12)8(11)6-3-2-4-7(10)5-6/h2-5,8H,1H3. The van der Waals surface area contributed by atoms with Gasteiger partial charge in [0, 0.05) is 4.47 Å². The van der Waals surface area contributed by atoms with E-state index in [2.05, 4.69) is 36.6 Å². The second-order valence-electron chi connectivity index (χ2n) is 2.44. The van der Waals surface area contributed by atoms with Crippen molar-refractivity contribution in [3.05, 3.63) is 34.3 Å². The van der Waals surface area contributed by atoms with Gasteiger partial charge in [0.25, 0.3) is 0 Å². The second kappa shape index (κ2) is 4.77. The molecule has 0 aromatic heterocycles. The van der Waals surface area contributed by atoms with Crippen LogP contribution in [0.25, 0.3) is 0 Å². The lowest BCUT2D eigenvalue weighted by Crippen LogP contribution is -2.07. The largest absolute Gasteiger partial charge is 0.468 e. The molecule has 1 unspecified atom stereocenters.